The second kappa shape index (κ2) is 6.80. The standard InChI is InChI=1S/C20H21N3O2S/c1-14-5-7-16(8-6-14)20(13-23-10-3-2-4-17(20)23)25-19(24)18(22-21)15-9-11-26-12-15/h5-9,11-12,17H,2-4,10,13H2,1H3/t17-,20+/m0/s1. The Kier molecular flexibility index (Phi) is 4.49. The van der Waals surface area contributed by atoms with E-state index in [0.29, 0.717) is 12.1 Å². The molecule has 0 radical (unpaired) electrons. The van der Waals surface area contributed by atoms with Crippen molar-refractivity contribution >= 4 is 23.0 Å². The molecule has 2 aromatic rings. The first-order valence-corrected chi connectivity index (χ1v) is 9.87. The molecule has 3 heterocycles. The summed E-state index contributed by atoms with van der Waals surface area (Å²) in [6, 6.07) is 10.1. The molecule has 0 amide bonds. The average molecular weight is 367 g/mol. The summed E-state index contributed by atoms with van der Waals surface area (Å²) in [5.74, 6) is -0.573. The Morgan fingerprint density at radius 2 is 2.12 bits per heavy atom. The van der Waals surface area contributed by atoms with E-state index in [-0.39, 0.29) is 11.8 Å². The highest BCUT2D eigenvalue weighted by molar-refractivity contribution is 7.08. The first kappa shape index (κ1) is 17.2. The lowest BCUT2D eigenvalue weighted by molar-refractivity contribution is -0.207. The van der Waals surface area contributed by atoms with Crippen LogP contribution in [0.3, 0.4) is 0 Å². The van der Waals surface area contributed by atoms with Gasteiger partial charge in [-0.15, -0.1) is 0 Å². The lowest BCUT2D eigenvalue weighted by atomic mass is 9.73. The number of hydrogen-bond donors (Lipinski definition) is 0. The van der Waals surface area contributed by atoms with Crippen LogP contribution in [0, 0.1) is 6.92 Å². The Morgan fingerprint density at radius 3 is 2.77 bits per heavy atom. The Bertz CT molecular complexity index is 856. The number of esters is 1. The molecule has 4 rings (SSSR count). The van der Waals surface area contributed by atoms with Crippen molar-refractivity contribution in [3.8, 4) is 0 Å². The van der Waals surface area contributed by atoms with Gasteiger partial charge in [-0.25, -0.2) is 4.79 Å². The van der Waals surface area contributed by atoms with E-state index in [9.17, 15) is 10.3 Å². The molecule has 2 aliphatic rings. The largest absolute Gasteiger partial charge is 0.442 e. The Morgan fingerprint density at radius 1 is 1.31 bits per heavy atom. The summed E-state index contributed by atoms with van der Waals surface area (Å²) in [6.45, 7) is 3.78. The summed E-state index contributed by atoms with van der Waals surface area (Å²) in [7, 11) is 0. The molecular weight excluding hydrogens is 346 g/mol. The molecule has 2 saturated heterocycles. The zero-order valence-corrected chi connectivity index (χ0v) is 15.5. The van der Waals surface area contributed by atoms with E-state index < -0.39 is 11.6 Å². The molecule has 0 aliphatic carbocycles. The van der Waals surface area contributed by atoms with Gasteiger partial charge in [-0.2, -0.15) is 16.1 Å². The number of fused-ring (bicyclic) bond motifs is 1. The minimum Gasteiger partial charge on any atom is -0.442 e. The van der Waals surface area contributed by atoms with Crippen LogP contribution in [-0.2, 0) is 15.1 Å². The maximum absolute atomic E-state index is 12.9. The van der Waals surface area contributed by atoms with Crippen LogP contribution < -0.4 is 0 Å². The number of rotatable bonds is 4. The van der Waals surface area contributed by atoms with E-state index in [1.165, 1.54) is 23.3 Å². The second-order valence-corrected chi connectivity index (χ2v) is 7.87. The number of aryl methyl sites for hydroxylation is 1. The number of ether oxygens (including phenoxy) is 1. The van der Waals surface area contributed by atoms with Gasteiger partial charge < -0.3 is 10.3 Å². The van der Waals surface area contributed by atoms with Crippen LogP contribution in [0.25, 0.3) is 5.53 Å². The molecule has 0 bridgehead atoms. The van der Waals surface area contributed by atoms with Crippen LogP contribution in [-0.4, -0.2) is 40.5 Å². The zero-order valence-electron chi connectivity index (χ0n) is 14.7. The van der Waals surface area contributed by atoms with Crippen molar-refractivity contribution < 1.29 is 14.3 Å². The molecule has 2 aliphatic heterocycles. The molecule has 0 spiro atoms. The van der Waals surface area contributed by atoms with Gasteiger partial charge in [0.25, 0.3) is 0 Å². The highest BCUT2D eigenvalue weighted by atomic mass is 32.1. The van der Waals surface area contributed by atoms with E-state index in [2.05, 4.69) is 34.0 Å². The first-order valence-electron chi connectivity index (χ1n) is 8.93. The van der Waals surface area contributed by atoms with Crippen LogP contribution in [0.2, 0.25) is 0 Å². The topological polar surface area (TPSA) is 65.9 Å². The minimum absolute atomic E-state index is 0.0352. The maximum Gasteiger partial charge on any atom is 0.423 e. The number of carbonyl (C=O) groups is 1. The van der Waals surface area contributed by atoms with E-state index in [0.717, 1.165) is 24.9 Å². The molecule has 0 N–H and O–H groups in total. The van der Waals surface area contributed by atoms with Gasteiger partial charge in [-0.05, 0) is 43.3 Å². The fourth-order valence-electron chi connectivity index (χ4n) is 4.11. The highest BCUT2D eigenvalue weighted by Gasteiger charge is 2.58. The minimum atomic E-state index is -0.669. The highest BCUT2D eigenvalue weighted by Crippen LogP contribution is 2.46. The first-order chi connectivity index (χ1) is 12.6. The van der Waals surface area contributed by atoms with E-state index >= 15 is 0 Å². The smallest absolute Gasteiger partial charge is 0.423 e. The Labute approximate surface area is 156 Å². The molecule has 0 saturated carbocycles. The zero-order chi connectivity index (χ0) is 18.1. The van der Waals surface area contributed by atoms with Crippen molar-refractivity contribution in [1.29, 1.82) is 0 Å². The Hall–Kier alpha value is -2.27. The third kappa shape index (κ3) is 2.80. The van der Waals surface area contributed by atoms with Crippen molar-refractivity contribution in [3.63, 3.8) is 0 Å². The predicted octanol–water partition coefficient (Wildman–Crippen LogP) is 3.38. The molecule has 6 heteroatoms. The quantitative estimate of drug-likeness (QED) is 0.360. The van der Waals surface area contributed by atoms with E-state index in [1.807, 2.05) is 12.3 Å². The molecule has 5 nitrogen and oxygen atoms in total. The van der Waals surface area contributed by atoms with Crippen molar-refractivity contribution in [1.82, 2.24) is 4.90 Å². The predicted molar refractivity (Wildman–Crippen MR) is 100 cm³/mol. The van der Waals surface area contributed by atoms with Gasteiger partial charge in [0.2, 0.25) is 0 Å². The van der Waals surface area contributed by atoms with Crippen LogP contribution in [0.1, 0.15) is 36.0 Å². The number of thiophene rings is 1. The molecule has 0 unspecified atom stereocenters. The van der Waals surface area contributed by atoms with E-state index in [4.69, 9.17) is 4.74 Å². The van der Waals surface area contributed by atoms with Crippen LogP contribution >= 0.6 is 11.3 Å². The van der Waals surface area contributed by atoms with Crippen molar-refractivity contribution in [2.45, 2.75) is 37.8 Å². The fraction of sp³-hybridized carbons (Fsp3) is 0.400. The average Bonchev–Trinajstić information content (AvgIpc) is 3.15. The molecule has 2 atom stereocenters. The summed E-state index contributed by atoms with van der Waals surface area (Å²) < 4.78 is 6.08. The summed E-state index contributed by atoms with van der Waals surface area (Å²) >= 11 is 1.45. The van der Waals surface area contributed by atoms with Gasteiger partial charge >= 0.3 is 11.7 Å². The van der Waals surface area contributed by atoms with Crippen LogP contribution in [0.15, 0.2) is 41.1 Å². The summed E-state index contributed by atoms with van der Waals surface area (Å²) in [5.41, 5.74) is 11.4. The number of benzene rings is 1. The SMILES string of the molecule is Cc1ccc([C@]2(OC(=O)C(=[N+]=[N-])c3ccsc3)CN3CCCC[C@H]32)cc1. The second-order valence-electron chi connectivity index (χ2n) is 7.09. The lowest BCUT2D eigenvalue weighted by Crippen LogP contribution is -2.70. The van der Waals surface area contributed by atoms with Crippen LogP contribution in [0.4, 0.5) is 0 Å². The molecule has 134 valence electrons. The molecule has 2 fully saturated rings. The van der Waals surface area contributed by atoms with Gasteiger partial charge in [0, 0.05) is 11.9 Å². The third-order valence-corrected chi connectivity index (χ3v) is 6.18. The van der Waals surface area contributed by atoms with Gasteiger partial charge in [0.15, 0.2) is 5.60 Å². The normalized spacial score (nSPS) is 24.9. The number of piperidine rings is 1. The monoisotopic (exact) mass is 367 g/mol. The van der Waals surface area contributed by atoms with Crippen molar-refractivity contribution in [3.05, 3.63) is 63.3 Å². The van der Waals surface area contributed by atoms with E-state index in [1.54, 1.807) is 11.4 Å². The summed E-state index contributed by atoms with van der Waals surface area (Å²) in [5, 5.41) is 3.62. The third-order valence-electron chi connectivity index (χ3n) is 5.49. The summed E-state index contributed by atoms with van der Waals surface area (Å²) in [4.78, 5) is 18.5. The van der Waals surface area contributed by atoms with Gasteiger partial charge in [-0.3, -0.25) is 4.90 Å². The number of nitrogens with zero attached hydrogens (tertiary/aromatic N) is 3. The fourth-order valence-corrected chi connectivity index (χ4v) is 4.75. The number of carbonyl (C=O) groups excluding carboxylic acids is 1. The molecule has 1 aromatic heterocycles. The summed E-state index contributed by atoms with van der Waals surface area (Å²) in [6.07, 6.45) is 3.33. The Balaban J connectivity index is 1.67. The van der Waals surface area contributed by atoms with Gasteiger partial charge in [0.1, 0.15) is 0 Å². The van der Waals surface area contributed by atoms with Crippen molar-refractivity contribution in [2.24, 2.45) is 0 Å². The molecule has 1 aromatic carbocycles. The van der Waals surface area contributed by atoms with Gasteiger partial charge in [-0.1, -0.05) is 36.2 Å². The maximum atomic E-state index is 12.9. The number of hydrogen-bond acceptors (Lipinski definition) is 4. The molecule has 26 heavy (non-hydrogen) atoms. The molecular formula is C20H21N3O2S. The van der Waals surface area contributed by atoms with Crippen molar-refractivity contribution in [2.75, 3.05) is 13.1 Å². The van der Waals surface area contributed by atoms with Gasteiger partial charge in [0.05, 0.1) is 11.6 Å². The van der Waals surface area contributed by atoms with Crippen LogP contribution in [0.5, 0.6) is 0 Å². The lowest BCUT2D eigenvalue weighted by Gasteiger charge is -2.58.